The predicted octanol–water partition coefficient (Wildman–Crippen LogP) is 4.10. The topological polar surface area (TPSA) is 0 Å². The standard InChI is InChI=1S/C13H24/c1-9-4-6-12(8-9)13-7-5-10(2)11(13)3/h9-13H,4-8H2,1-3H3. The zero-order chi connectivity index (χ0) is 9.42. The van der Waals surface area contributed by atoms with Crippen LogP contribution in [-0.2, 0) is 0 Å². The maximum absolute atomic E-state index is 2.49. The van der Waals surface area contributed by atoms with E-state index in [9.17, 15) is 0 Å². The molecule has 2 aliphatic carbocycles. The molecule has 0 amide bonds. The molecule has 0 heteroatoms. The second-order valence-corrected chi connectivity index (χ2v) is 5.76. The molecule has 13 heavy (non-hydrogen) atoms. The third kappa shape index (κ3) is 1.78. The summed E-state index contributed by atoms with van der Waals surface area (Å²) in [6.07, 6.45) is 7.59. The van der Waals surface area contributed by atoms with Gasteiger partial charge in [0, 0.05) is 0 Å². The van der Waals surface area contributed by atoms with E-state index in [0.717, 1.165) is 29.6 Å². The van der Waals surface area contributed by atoms with Gasteiger partial charge in [-0.15, -0.1) is 0 Å². The van der Waals surface area contributed by atoms with E-state index in [-0.39, 0.29) is 0 Å². The Morgan fingerprint density at radius 1 is 0.846 bits per heavy atom. The smallest absolute Gasteiger partial charge is 0.0357 e. The van der Waals surface area contributed by atoms with Gasteiger partial charge in [0.2, 0.25) is 0 Å². The zero-order valence-corrected chi connectivity index (χ0v) is 9.42. The van der Waals surface area contributed by atoms with E-state index >= 15 is 0 Å². The monoisotopic (exact) mass is 180 g/mol. The summed E-state index contributed by atoms with van der Waals surface area (Å²) >= 11 is 0. The van der Waals surface area contributed by atoms with Crippen LogP contribution in [0.4, 0.5) is 0 Å². The Hall–Kier alpha value is 0. The van der Waals surface area contributed by atoms with E-state index in [2.05, 4.69) is 20.8 Å². The summed E-state index contributed by atoms with van der Waals surface area (Å²) in [6.45, 7) is 7.37. The Bertz CT molecular complexity index is 173. The van der Waals surface area contributed by atoms with E-state index in [4.69, 9.17) is 0 Å². The van der Waals surface area contributed by atoms with Crippen LogP contribution >= 0.6 is 0 Å². The summed E-state index contributed by atoms with van der Waals surface area (Å²) in [7, 11) is 0. The molecule has 0 aromatic carbocycles. The molecule has 76 valence electrons. The van der Waals surface area contributed by atoms with Gasteiger partial charge in [-0.2, -0.15) is 0 Å². The first-order chi connectivity index (χ1) is 6.18. The molecule has 2 saturated carbocycles. The lowest BCUT2D eigenvalue weighted by Gasteiger charge is -2.24. The molecule has 0 heterocycles. The van der Waals surface area contributed by atoms with Crippen molar-refractivity contribution >= 4 is 0 Å². The minimum Gasteiger partial charge on any atom is -0.0625 e. The summed E-state index contributed by atoms with van der Waals surface area (Å²) in [5, 5.41) is 0. The predicted molar refractivity (Wildman–Crippen MR) is 57.6 cm³/mol. The van der Waals surface area contributed by atoms with Crippen molar-refractivity contribution in [2.75, 3.05) is 0 Å². The Morgan fingerprint density at radius 3 is 2.08 bits per heavy atom. The number of hydrogen-bond acceptors (Lipinski definition) is 0. The SMILES string of the molecule is CC1CCC(C2CCC(C)C2C)C1. The van der Waals surface area contributed by atoms with Gasteiger partial charge in [-0.05, 0) is 48.9 Å². The van der Waals surface area contributed by atoms with Crippen LogP contribution in [0.25, 0.3) is 0 Å². The quantitative estimate of drug-likeness (QED) is 0.570. The molecular formula is C13H24. The maximum Gasteiger partial charge on any atom is -0.0357 e. The Morgan fingerprint density at radius 2 is 1.62 bits per heavy atom. The normalized spacial score (nSPS) is 51.5. The van der Waals surface area contributed by atoms with Gasteiger partial charge < -0.3 is 0 Å². The molecule has 2 aliphatic rings. The Balaban J connectivity index is 1.94. The second kappa shape index (κ2) is 3.63. The molecule has 0 aromatic rings. The van der Waals surface area contributed by atoms with Crippen LogP contribution in [0.15, 0.2) is 0 Å². The molecule has 2 rings (SSSR count). The van der Waals surface area contributed by atoms with Crippen LogP contribution in [0, 0.1) is 29.6 Å². The molecule has 0 N–H and O–H groups in total. The fourth-order valence-electron chi connectivity index (χ4n) is 3.71. The minimum absolute atomic E-state index is 1.00. The highest BCUT2D eigenvalue weighted by Crippen LogP contribution is 2.47. The zero-order valence-electron chi connectivity index (χ0n) is 9.42. The lowest BCUT2D eigenvalue weighted by molar-refractivity contribution is 0.250. The number of rotatable bonds is 1. The molecule has 0 radical (unpaired) electrons. The van der Waals surface area contributed by atoms with Crippen molar-refractivity contribution in [1.82, 2.24) is 0 Å². The van der Waals surface area contributed by atoms with E-state index < -0.39 is 0 Å². The second-order valence-electron chi connectivity index (χ2n) is 5.76. The third-order valence-electron chi connectivity index (χ3n) is 4.87. The highest BCUT2D eigenvalue weighted by atomic mass is 14.4. The van der Waals surface area contributed by atoms with Crippen LogP contribution in [0.3, 0.4) is 0 Å². The van der Waals surface area contributed by atoms with Crippen LogP contribution < -0.4 is 0 Å². The van der Waals surface area contributed by atoms with Crippen LogP contribution in [-0.4, -0.2) is 0 Å². The molecule has 5 unspecified atom stereocenters. The van der Waals surface area contributed by atoms with Gasteiger partial charge >= 0.3 is 0 Å². The van der Waals surface area contributed by atoms with E-state index in [1.54, 1.807) is 0 Å². The molecule has 5 atom stereocenters. The summed E-state index contributed by atoms with van der Waals surface area (Å²) in [6, 6.07) is 0. The lowest BCUT2D eigenvalue weighted by atomic mass is 9.81. The van der Waals surface area contributed by atoms with Crippen LogP contribution in [0.5, 0.6) is 0 Å². The highest BCUT2D eigenvalue weighted by Gasteiger charge is 2.37. The van der Waals surface area contributed by atoms with E-state index in [1.807, 2.05) is 0 Å². The molecule has 0 aromatic heterocycles. The molecule has 0 aliphatic heterocycles. The highest BCUT2D eigenvalue weighted by molar-refractivity contribution is 4.87. The molecule has 2 fully saturated rings. The average molecular weight is 180 g/mol. The fraction of sp³-hybridized carbons (Fsp3) is 1.00. The van der Waals surface area contributed by atoms with Gasteiger partial charge in [-0.3, -0.25) is 0 Å². The first-order valence-electron chi connectivity index (χ1n) is 6.18. The summed E-state index contributed by atoms with van der Waals surface area (Å²) in [5.74, 6) is 5.21. The lowest BCUT2D eigenvalue weighted by Crippen LogP contribution is -2.17. The van der Waals surface area contributed by atoms with E-state index in [1.165, 1.54) is 32.1 Å². The summed E-state index contributed by atoms with van der Waals surface area (Å²) < 4.78 is 0. The van der Waals surface area contributed by atoms with Gasteiger partial charge in [0.05, 0.1) is 0 Å². The molecule has 0 bridgehead atoms. The van der Waals surface area contributed by atoms with Crippen LogP contribution in [0.1, 0.15) is 52.9 Å². The average Bonchev–Trinajstić information content (AvgIpc) is 2.62. The van der Waals surface area contributed by atoms with Gasteiger partial charge in [-0.1, -0.05) is 33.6 Å². The fourth-order valence-corrected chi connectivity index (χ4v) is 3.71. The van der Waals surface area contributed by atoms with Gasteiger partial charge in [-0.25, -0.2) is 0 Å². The third-order valence-corrected chi connectivity index (χ3v) is 4.87. The largest absolute Gasteiger partial charge is 0.0625 e. The Kier molecular flexibility index (Phi) is 2.67. The number of hydrogen-bond donors (Lipinski definition) is 0. The maximum atomic E-state index is 2.49. The van der Waals surface area contributed by atoms with Crippen molar-refractivity contribution in [2.24, 2.45) is 29.6 Å². The van der Waals surface area contributed by atoms with Crippen molar-refractivity contribution in [3.05, 3.63) is 0 Å². The Labute approximate surface area is 83.1 Å². The van der Waals surface area contributed by atoms with Gasteiger partial charge in [0.15, 0.2) is 0 Å². The molecule has 0 spiro atoms. The molecule has 0 nitrogen and oxygen atoms in total. The van der Waals surface area contributed by atoms with Gasteiger partial charge in [0.25, 0.3) is 0 Å². The molecular weight excluding hydrogens is 156 g/mol. The van der Waals surface area contributed by atoms with Crippen LogP contribution in [0.2, 0.25) is 0 Å². The van der Waals surface area contributed by atoms with Crippen molar-refractivity contribution in [1.29, 1.82) is 0 Å². The summed E-state index contributed by atoms with van der Waals surface area (Å²) in [4.78, 5) is 0. The first-order valence-corrected chi connectivity index (χ1v) is 6.18. The molecule has 0 saturated heterocycles. The first kappa shape index (κ1) is 9.55. The summed E-state index contributed by atoms with van der Waals surface area (Å²) in [5.41, 5.74) is 0. The van der Waals surface area contributed by atoms with Gasteiger partial charge in [0.1, 0.15) is 0 Å². The van der Waals surface area contributed by atoms with Crippen molar-refractivity contribution in [2.45, 2.75) is 52.9 Å². The van der Waals surface area contributed by atoms with Crippen molar-refractivity contribution in [3.63, 3.8) is 0 Å². The van der Waals surface area contributed by atoms with Crippen molar-refractivity contribution < 1.29 is 0 Å². The minimum atomic E-state index is 1.00. The van der Waals surface area contributed by atoms with E-state index in [0.29, 0.717) is 0 Å². The van der Waals surface area contributed by atoms with Crippen molar-refractivity contribution in [3.8, 4) is 0 Å².